The smallest absolute Gasteiger partial charge is 0.263 e. The van der Waals surface area contributed by atoms with Crippen molar-refractivity contribution in [2.24, 2.45) is 0 Å². The van der Waals surface area contributed by atoms with Crippen molar-refractivity contribution in [3.8, 4) is 0 Å². The molecule has 0 aliphatic rings. The molecule has 0 unspecified atom stereocenters. The Kier molecular flexibility index (Phi) is 4.74. The summed E-state index contributed by atoms with van der Waals surface area (Å²) < 4.78 is 3.17. The summed E-state index contributed by atoms with van der Waals surface area (Å²) in [5.74, 6) is -0.224. The van der Waals surface area contributed by atoms with Crippen LogP contribution in [0.4, 0.5) is 5.95 Å². The molecular weight excluding hydrogens is 401 g/mol. The van der Waals surface area contributed by atoms with E-state index in [1.807, 2.05) is 19.9 Å². The molecular formula is C18H15Cl2N7O. The van der Waals surface area contributed by atoms with Crippen molar-refractivity contribution in [3.63, 3.8) is 0 Å². The molecule has 4 aromatic rings. The number of aromatic nitrogens is 6. The van der Waals surface area contributed by atoms with Crippen molar-refractivity contribution in [3.05, 3.63) is 69.3 Å². The molecule has 1 amide bonds. The van der Waals surface area contributed by atoms with E-state index in [4.69, 9.17) is 23.2 Å². The predicted octanol–water partition coefficient (Wildman–Crippen LogP) is 3.55. The first kappa shape index (κ1) is 18.4. The molecule has 10 heteroatoms. The summed E-state index contributed by atoms with van der Waals surface area (Å²) in [6.45, 7) is 4.10. The van der Waals surface area contributed by atoms with Gasteiger partial charge in [0, 0.05) is 27.0 Å². The molecule has 0 saturated heterocycles. The Balaban J connectivity index is 1.55. The van der Waals surface area contributed by atoms with Gasteiger partial charge in [0.25, 0.3) is 5.91 Å². The van der Waals surface area contributed by atoms with Crippen molar-refractivity contribution >= 4 is 40.7 Å². The van der Waals surface area contributed by atoms with Gasteiger partial charge in [-0.25, -0.2) is 19.2 Å². The molecule has 0 atom stereocenters. The van der Waals surface area contributed by atoms with Gasteiger partial charge in [-0.1, -0.05) is 29.3 Å². The molecule has 3 heterocycles. The first-order chi connectivity index (χ1) is 13.4. The second kappa shape index (κ2) is 7.21. The largest absolute Gasteiger partial charge is 0.289 e. The molecule has 3 aromatic heterocycles. The third-order valence-electron chi connectivity index (χ3n) is 4.17. The van der Waals surface area contributed by atoms with Crippen LogP contribution in [0.2, 0.25) is 10.0 Å². The summed E-state index contributed by atoms with van der Waals surface area (Å²) in [5, 5.41) is 12.2. The Morgan fingerprint density at radius 3 is 2.71 bits per heavy atom. The number of nitrogens with one attached hydrogen (secondary N) is 1. The zero-order valence-electron chi connectivity index (χ0n) is 15.0. The highest BCUT2D eigenvalue weighted by molar-refractivity contribution is 6.35. The molecule has 142 valence electrons. The summed E-state index contributed by atoms with van der Waals surface area (Å²) in [4.78, 5) is 21.2. The first-order valence-corrected chi connectivity index (χ1v) is 9.13. The summed E-state index contributed by atoms with van der Waals surface area (Å²) in [6.07, 6.45) is 2.97. The third kappa shape index (κ3) is 3.44. The topological polar surface area (TPSA) is 90.0 Å². The lowest BCUT2D eigenvalue weighted by atomic mass is 10.2. The van der Waals surface area contributed by atoms with Gasteiger partial charge in [-0.2, -0.15) is 5.10 Å². The molecule has 8 nitrogen and oxygen atoms in total. The Hall–Kier alpha value is -2.97. The van der Waals surface area contributed by atoms with E-state index in [9.17, 15) is 4.79 Å². The molecule has 0 aliphatic carbocycles. The van der Waals surface area contributed by atoms with Gasteiger partial charge in [0.1, 0.15) is 11.9 Å². The predicted molar refractivity (Wildman–Crippen MR) is 106 cm³/mol. The van der Waals surface area contributed by atoms with Gasteiger partial charge in [0.05, 0.1) is 12.7 Å². The normalized spacial score (nSPS) is 11.1. The van der Waals surface area contributed by atoms with E-state index in [2.05, 4.69) is 25.5 Å². The van der Waals surface area contributed by atoms with Crippen LogP contribution in [0.3, 0.4) is 0 Å². The average molecular weight is 416 g/mol. The van der Waals surface area contributed by atoms with Crippen LogP contribution in [0.25, 0.3) is 5.65 Å². The van der Waals surface area contributed by atoms with Gasteiger partial charge >= 0.3 is 0 Å². The second-order valence-electron chi connectivity index (χ2n) is 6.25. The summed E-state index contributed by atoms with van der Waals surface area (Å²) in [6, 6.07) is 7.18. The number of hydrogen-bond donors (Lipinski definition) is 1. The van der Waals surface area contributed by atoms with Gasteiger partial charge in [0.15, 0.2) is 5.65 Å². The highest BCUT2D eigenvalue weighted by atomic mass is 35.5. The van der Waals surface area contributed by atoms with Crippen LogP contribution in [0.5, 0.6) is 0 Å². The standard InChI is InChI=1S/C18H15Cl2N7O/c1-10-6-11(2)27-16(23-10)12(7-22-27)17(28)24-18-21-9-26(25-18)8-13-14(19)4-3-5-15(13)20/h3-7,9H,8H2,1-2H3,(H,24,25,28). The number of anilines is 1. The van der Waals surface area contributed by atoms with E-state index in [-0.39, 0.29) is 11.9 Å². The number of carbonyl (C=O) groups excluding carboxylic acids is 1. The molecule has 1 N–H and O–H groups in total. The van der Waals surface area contributed by atoms with Crippen molar-refractivity contribution in [1.29, 1.82) is 0 Å². The van der Waals surface area contributed by atoms with Crippen molar-refractivity contribution in [1.82, 2.24) is 29.4 Å². The van der Waals surface area contributed by atoms with Crippen LogP contribution in [-0.2, 0) is 6.54 Å². The number of carbonyl (C=O) groups is 1. The van der Waals surface area contributed by atoms with E-state index < -0.39 is 0 Å². The highest BCUT2D eigenvalue weighted by Gasteiger charge is 2.17. The quantitative estimate of drug-likeness (QED) is 0.550. The molecule has 1 aromatic carbocycles. The molecule has 0 spiro atoms. The number of fused-ring (bicyclic) bond motifs is 1. The molecule has 0 radical (unpaired) electrons. The molecule has 0 bridgehead atoms. The second-order valence-corrected chi connectivity index (χ2v) is 7.07. The fraction of sp³-hybridized carbons (Fsp3) is 0.167. The van der Waals surface area contributed by atoms with E-state index in [1.165, 1.54) is 12.5 Å². The number of halogens is 2. The number of aryl methyl sites for hydroxylation is 2. The average Bonchev–Trinajstić information content (AvgIpc) is 3.25. The van der Waals surface area contributed by atoms with E-state index in [0.717, 1.165) is 17.0 Å². The maximum Gasteiger partial charge on any atom is 0.263 e. The lowest BCUT2D eigenvalue weighted by Crippen LogP contribution is -2.14. The van der Waals surface area contributed by atoms with Crippen molar-refractivity contribution in [2.45, 2.75) is 20.4 Å². The van der Waals surface area contributed by atoms with Crippen LogP contribution >= 0.6 is 23.2 Å². The van der Waals surface area contributed by atoms with Gasteiger partial charge < -0.3 is 0 Å². The molecule has 4 rings (SSSR count). The van der Waals surface area contributed by atoms with Gasteiger partial charge in [0.2, 0.25) is 5.95 Å². The third-order valence-corrected chi connectivity index (χ3v) is 4.87. The number of amides is 1. The minimum Gasteiger partial charge on any atom is -0.289 e. The molecule has 0 saturated carbocycles. The maximum atomic E-state index is 12.7. The Bertz CT molecular complexity index is 1180. The Labute approximate surface area is 170 Å². The van der Waals surface area contributed by atoms with E-state index in [1.54, 1.807) is 27.4 Å². The van der Waals surface area contributed by atoms with Crippen molar-refractivity contribution in [2.75, 3.05) is 5.32 Å². The summed E-state index contributed by atoms with van der Waals surface area (Å²) in [5.41, 5.74) is 3.25. The van der Waals surface area contributed by atoms with Crippen LogP contribution in [0.15, 0.2) is 36.8 Å². The fourth-order valence-corrected chi connectivity index (χ4v) is 3.39. The number of rotatable bonds is 4. The van der Waals surface area contributed by atoms with Crippen LogP contribution in [0, 0.1) is 13.8 Å². The van der Waals surface area contributed by atoms with Crippen LogP contribution < -0.4 is 5.32 Å². The SMILES string of the molecule is Cc1cc(C)n2ncc(C(=O)Nc3ncn(Cc4c(Cl)cccc4Cl)n3)c2n1. The van der Waals surface area contributed by atoms with E-state index >= 15 is 0 Å². The Morgan fingerprint density at radius 2 is 1.96 bits per heavy atom. The van der Waals surface area contributed by atoms with E-state index in [0.29, 0.717) is 27.8 Å². The minimum atomic E-state index is -0.388. The summed E-state index contributed by atoms with van der Waals surface area (Å²) >= 11 is 12.4. The molecule has 28 heavy (non-hydrogen) atoms. The zero-order chi connectivity index (χ0) is 19.8. The first-order valence-electron chi connectivity index (χ1n) is 8.38. The minimum absolute atomic E-state index is 0.164. The van der Waals surface area contributed by atoms with Gasteiger partial charge in [-0.3, -0.25) is 10.1 Å². The zero-order valence-corrected chi connectivity index (χ0v) is 16.5. The van der Waals surface area contributed by atoms with Crippen LogP contribution in [-0.4, -0.2) is 35.3 Å². The summed E-state index contributed by atoms with van der Waals surface area (Å²) in [7, 11) is 0. The van der Waals surface area contributed by atoms with Crippen molar-refractivity contribution < 1.29 is 4.79 Å². The lowest BCUT2D eigenvalue weighted by Gasteiger charge is -2.06. The number of hydrogen-bond acceptors (Lipinski definition) is 5. The Morgan fingerprint density at radius 1 is 1.21 bits per heavy atom. The van der Waals surface area contributed by atoms with Gasteiger partial charge in [-0.05, 0) is 32.0 Å². The maximum absolute atomic E-state index is 12.7. The highest BCUT2D eigenvalue weighted by Crippen LogP contribution is 2.25. The monoisotopic (exact) mass is 415 g/mol. The number of benzene rings is 1. The number of nitrogens with zero attached hydrogens (tertiary/aromatic N) is 6. The fourth-order valence-electron chi connectivity index (χ4n) is 2.87. The lowest BCUT2D eigenvalue weighted by molar-refractivity contribution is 0.102. The van der Waals surface area contributed by atoms with Gasteiger partial charge in [-0.15, -0.1) is 5.10 Å². The van der Waals surface area contributed by atoms with Crippen LogP contribution in [0.1, 0.15) is 27.3 Å². The molecule has 0 aliphatic heterocycles. The molecule has 0 fully saturated rings.